The fourth-order valence-corrected chi connectivity index (χ4v) is 1.89. The Bertz CT molecular complexity index is 373. The van der Waals surface area contributed by atoms with E-state index in [1.807, 2.05) is 0 Å². The maximum Gasteiger partial charge on any atom is 0.228 e. The van der Waals surface area contributed by atoms with E-state index in [9.17, 15) is 9.90 Å². The van der Waals surface area contributed by atoms with Crippen LogP contribution in [-0.2, 0) is 4.79 Å². The standard InChI is InChI=1S/C12H16N2O2/c15-11-6-2-1-5-10(11)14-12(16)9-4-3-7-13-8-9/h1-2,5-6,9,13,15H,3-4,7-8H2,(H,14,16). The van der Waals surface area contributed by atoms with Crippen LogP contribution in [0.3, 0.4) is 0 Å². The number of piperidine rings is 1. The molecular formula is C12H16N2O2. The van der Waals surface area contributed by atoms with Crippen LogP contribution < -0.4 is 10.6 Å². The lowest BCUT2D eigenvalue weighted by molar-refractivity contribution is -0.120. The Kier molecular flexibility index (Phi) is 3.41. The lowest BCUT2D eigenvalue weighted by Crippen LogP contribution is -2.37. The molecule has 0 aromatic heterocycles. The molecule has 1 aliphatic heterocycles. The molecule has 0 aliphatic carbocycles. The molecule has 0 radical (unpaired) electrons. The minimum Gasteiger partial charge on any atom is -0.506 e. The molecule has 0 bridgehead atoms. The Labute approximate surface area is 94.7 Å². The fraction of sp³-hybridized carbons (Fsp3) is 0.417. The molecule has 1 unspecified atom stereocenters. The van der Waals surface area contributed by atoms with Gasteiger partial charge in [-0.05, 0) is 31.5 Å². The van der Waals surface area contributed by atoms with Crippen molar-refractivity contribution >= 4 is 11.6 Å². The zero-order chi connectivity index (χ0) is 11.4. The Morgan fingerprint density at radius 3 is 2.94 bits per heavy atom. The van der Waals surface area contributed by atoms with E-state index in [0.717, 1.165) is 25.9 Å². The third-order valence-corrected chi connectivity index (χ3v) is 2.83. The summed E-state index contributed by atoms with van der Waals surface area (Å²) in [7, 11) is 0. The summed E-state index contributed by atoms with van der Waals surface area (Å²) in [4.78, 5) is 11.9. The number of benzene rings is 1. The van der Waals surface area contributed by atoms with Gasteiger partial charge in [-0.2, -0.15) is 0 Å². The van der Waals surface area contributed by atoms with Gasteiger partial charge in [-0.25, -0.2) is 0 Å². The quantitative estimate of drug-likeness (QED) is 0.659. The third-order valence-electron chi connectivity index (χ3n) is 2.83. The number of phenolic OH excluding ortho intramolecular Hbond substituents is 1. The molecule has 1 atom stereocenters. The van der Waals surface area contributed by atoms with Gasteiger partial charge in [0.05, 0.1) is 11.6 Å². The van der Waals surface area contributed by atoms with Crippen LogP contribution in [0, 0.1) is 5.92 Å². The molecule has 1 amide bonds. The summed E-state index contributed by atoms with van der Waals surface area (Å²) in [5.74, 6) is 0.0988. The van der Waals surface area contributed by atoms with Gasteiger partial charge in [0.2, 0.25) is 5.91 Å². The minimum absolute atomic E-state index is 0.00774. The Hall–Kier alpha value is -1.55. The van der Waals surface area contributed by atoms with Crippen molar-refractivity contribution in [1.29, 1.82) is 0 Å². The van der Waals surface area contributed by atoms with Gasteiger partial charge in [-0.1, -0.05) is 12.1 Å². The number of hydrogen-bond donors (Lipinski definition) is 3. The summed E-state index contributed by atoms with van der Waals surface area (Å²) >= 11 is 0. The highest BCUT2D eigenvalue weighted by Gasteiger charge is 2.21. The normalized spacial score (nSPS) is 20.4. The molecule has 1 aromatic rings. The van der Waals surface area contributed by atoms with Crippen molar-refractivity contribution in [1.82, 2.24) is 5.32 Å². The van der Waals surface area contributed by atoms with E-state index in [4.69, 9.17) is 0 Å². The van der Waals surface area contributed by atoms with Gasteiger partial charge in [0.1, 0.15) is 5.75 Å². The maximum atomic E-state index is 11.9. The summed E-state index contributed by atoms with van der Waals surface area (Å²) in [5.41, 5.74) is 0.484. The number of para-hydroxylation sites is 2. The first-order valence-corrected chi connectivity index (χ1v) is 5.57. The van der Waals surface area contributed by atoms with E-state index >= 15 is 0 Å². The van der Waals surface area contributed by atoms with Crippen LogP contribution in [0.15, 0.2) is 24.3 Å². The highest BCUT2D eigenvalue weighted by Crippen LogP contribution is 2.23. The molecule has 2 rings (SSSR count). The van der Waals surface area contributed by atoms with Gasteiger partial charge < -0.3 is 15.7 Å². The van der Waals surface area contributed by atoms with E-state index in [1.165, 1.54) is 0 Å². The Morgan fingerprint density at radius 2 is 2.25 bits per heavy atom. The third kappa shape index (κ3) is 2.52. The molecule has 1 saturated heterocycles. The molecule has 1 fully saturated rings. The molecule has 1 aliphatic rings. The number of carbonyl (C=O) groups excluding carboxylic acids is 1. The monoisotopic (exact) mass is 220 g/mol. The summed E-state index contributed by atoms with van der Waals surface area (Å²) in [5, 5.41) is 15.5. The van der Waals surface area contributed by atoms with Gasteiger partial charge >= 0.3 is 0 Å². The summed E-state index contributed by atoms with van der Waals surface area (Å²) < 4.78 is 0. The number of phenols is 1. The zero-order valence-electron chi connectivity index (χ0n) is 9.07. The first kappa shape index (κ1) is 11.0. The van der Waals surface area contributed by atoms with Crippen LogP contribution in [0.4, 0.5) is 5.69 Å². The smallest absolute Gasteiger partial charge is 0.228 e. The lowest BCUT2D eigenvalue weighted by atomic mass is 9.99. The molecule has 0 spiro atoms. The molecule has 3 N–H and O–H groups in total. The van der Waals surface area contributed by atoms with Crippen LogP contribution in [0.25, 0.3) is 0 Å². The summed E-state index contributed by atoms with van der Waals surface area (Å²) in [6.45, 7) is 1.71. The maximum absolute atomic E-state index is 11.9. The second-order valence-electron chi connectivity index (χ2n) is 4.05. The molecule has 1 aromatic carbocycles. The van der Waals surface area contributed by atoms with Crippen LogP contribution >= 0.6 is 0 Å². The predicted octanol–water partition coefficient (Wildman–Crippen LogP) is 1.33. The second kappa shape index (κ2) is 4.99. The number of anilines is 1. The topological polar surface area (TPSA) is 61.4 Å². The van der Waals surface area contributed by atoms with Crippen molar-refractivity contribution in [3.05, 3.63) is 24.3 Å². The summed E-state index contributed by atoms with van der Waals surface area (Å²) in [6, 6.07) is 6.78. The number of rotatable bonds is 2. The van der Waals surface area contributed by atoms with Crippen molar-refractivity contribution in [2.75, 3.05) is 18.4 Å². The lowest BCUT2D eigenvalue weighted by Gasteiger charge is -2.22. The van der Waals surface area contributed by atoms with Gasteiger partial charge in [0.15, 0.2) is 0 Å². The zero-order valence-corrected chi connectivity index (χ0v) is 9.07. The van der Waals surface area contributed by atoms with Crippen molar-refractivity contribution in [3.8, 4) is 5.75 Å². The minimum atomic E-state index is -0.0197. The Balaban J connectivity index is 1.99. The second-order valence-corrected chi connectivity index (χ2v) is 4.05. The molecular weight excluding hydrogens is 204 g/mol. The highest BCUT2D eigenvalue weighted by molar-refractivity contribution is 5.94. The number of carbonyl (C=O) groups is 1. The average molecular weight is 220 g/mol. The predicted molar refractivity (Wildman–Crippen MR) is 62.3 cm³/mol. The molecule has 0 saturated carbocycles. The van der Waals surface area contributed by atoms with Crippen molar-refractivity contribution in [2.45, 2.75) is 12.8 Å². The molecule has 4 nitrogen and oxygen atoms in total. The number of amides is 1. The van der Waals surface area contributed by atoms with E-state index in [-0.39, 0.29) is 17.6 Å². The van der Waals surface area contributed by atoms with Gasteiger partial charge in [-0.3, -0.25) is 4.79 Å². The summed E-state index contributed by atoms with van der Waals surface area (Å²) in [6.07, 6.45) is 1.94. The fourth-order valence-electron chi connectivity index (χ4n) is 1.89. The van der Waals surface area contributed by atoms with E-state index in [2.05, 4.69) is 10.6 Å². The highest BCUT2D eigenvalue weighted by atomic mass is 16.3. The van der Waals surface area contributed by atoms with E-state index < -0.39 is 0 Å². The van der Waals surface area contributed by atoms with Gasteiger partial charge in [0, 0.05) is 6.54 Å². The Morgan fingerprint density at radius 1 is 1.44 bits per heavy atom. The molecule has 86 valence electrons. The average Bonchev–Trinajstić information content (AvgIpc) is 2.33. The van der Waals surface area contributed by atoms with Crippen LogP contribution in [0.1, 0.15) is 12.8 Å². The number of hydrogen-bond acceptors (Lipinski definition) is 3. The molecule has 4 heteroatoms. The first-order valence-electron chi connectivity index (χ1n) is 5.57. The van der Waals surface area contributed by atoms with Crippen LogP contribution in [-0.4, -0.2) is 24.1 Å². The van der Waals surface area contributed by atoms with Gasteiger partial charge in [-0.15, -0.1) is 0 Å². The number of aromatic hydroxyl groups is 1. The largest absolute Gasteiger partial charge is 0.506 e. The van der Waals surface area contributed by atoms with E-state index in [1.54, 1.807) is 24.3 Å². The molecule has 1 heterocycles. The van der Waals surface area contributed by atoms with Crippen molar-refractivity contribution < 1.29 is 9.90 Å². The van der Waals surface area contributed by atoms with Crippen LogP contribution in [0.2, 0.25) is 0 Å². The van der Waals surface area contributed by atoms with Crippen molar-refractivity contribution in [3.63, 3.8) is 0 Å². The number of nitrogens with one attached hydrogen (secondary N) is 2. The molecule has 16 heavy (non-hydrogen) atoms. The van der Waals surface area contributed by atoms with Crippen molar-refractivity contribution in [2.24, 2.45) is 5.92 Å². The first-order chi connectivity index (χ1) is 7.77. The van der Waals surface area contributed by atoms with Crippen LogP contribution in [0.5, 0.6) is 5.75 Å². The SMILES string of the molecule is O=C(Nc1ccccc1O)C1CCCNC1. The van der Waals surface area contributed by atoms with Gasteiger partial charge in [0.25, 0.3) is 0 Å². The van der Waals surface area contributed by atoms with E-state index in [0.29, 0.717) is 5.69 Å².